The summed E-state index contributed by atoms with van der Waals surface area (Å²) in [5, 5.41) is 7.04. The highest BCUT2D eigenvalue weighted by Crippen LogP contribution is 2.26. The molecule has 0 saturated carbocycles. The summed E-state index contributed by atoms with van der Waals surface area (Å²) in [6, 6.07) is 8.89. The van der Waals surface area contributed by atoms with Gasteiger partial charge in [-0.05, 0) is 37.9 Å². The highest BCUT2D eigenvalue weighted by atomic mass is 16.5. The van der Waals surface area contributed by atoms with Crippen LogP contribution in [0.1, 0.15) is 25.8 Å². The first-order valence-corrected chi connectivity index (χ1v) is 7.44. The van der Waals surface area contributed by atoms with Crippen LogP contribution in [0.25, 0.3) is 0 Å². The topological polar surface area (TPSA) is 33.3 Å². The predicted molar refractivity (Wildman–Crippen MR) is 79.8 cm³/mol. The van der Waals surface area contributed by atoms with Crippen molar-refractivity contribution in [1.29, 1.82) is 0 Å². The van der Waals surface area contributed by atoms with Gasteiger partial charge in [0.15, 0.2) is 0 Å². The molecule has 2 rings (SSSR count). The second-order valence-corrected chi connectivity index (χ2v) is 5.50. The third-order valence-electron chi connectivity index (χ3n) is 3.59. The van der Waals surface area contributed by atoms with Crippen LogP contribution < -0.4 is 15.4 Å². The lowest BCUT2D eigenvalue weighted by Gasteiger charge is -2.26. The van der Waals surface area contributed by atoms with E-state index >= 15 is 0 Å². The van der Waals surface area contributed by atoms with Gasteiger partial charge >= 0.3 is 0 Å². The van der Waals surface area contributed by atoms with E-state index in [1.165, 1.54) is 12.0 Å². The van der Waals surface area contributed by atoms with E-state index in [0.717, 1.165) is 38.4 Å². The van der Waals surface area contributed by atoms with Crippen molar-refractivity contribution >= 4 is 0 Å². The Kier molecular flexibility index (Phi) is 5.67. The lowest BCUT2D eigenvalue weighted by atomic mass is 9.96. The molecule has 19 heavy (non-hydrogen) atoms. The van der Waals surface area contributed by atoms with E-state index in [2.05, 4.69) is 42.7 Å². The number of benzene rings is 1. The molecule has 0 bridgehead atoms. The van der Waals surface area contributed by atoms with Gasteiger partial charge in [-0.25, -0.2) is 0 Å². The minimum Gasteiger partial charge on any atom is -0.493 e. The molecule has 2 N–H and O–H groups in total. The fourth-order valence-electron chi connectivity index (χ4n) is 2.46. The quantitative estimate of drug-likeness (QED) is 0.739. The van der Waals surface area contributed by atoms with E-state index in [-0.39, 0.29) is 0 Å². The zero-order chi connectivity index (χ0) is 13.5. The second-order valence-electron chi connectivity index (χ2n) is 5.50. The highest BCUT2D eigenvalue weighted by molar-refractivity contribution is 5.35. The summed E-state index contributed by atoms with van der Waals surface area (Å²) < 4.78 is 5.81. The van der Waals surface area contributed by atoms with Crippen molar-refractivity contribution in [2.75, 3.05) is 26.2 Å². The fraction of sp³-hybridized carbons (Fsp3) is 0.625. The fourth-order valence-corrected chi connectivity index (χ4v) is 2.46. The number of fused-ring (bicyclic) bond motifs is 1. The number of ether oxygens (including phenoxy) is 1. The Labute approximate surface area is 116 Å². The number of rotatable bonds is 7. The van der Waals surface area contributed by atoms with E-state index in [1.54, 1.807) is 0 Å². The summed E-state index contributed by atoms with van der Waals surface area (Å²) in [5.41, 5.74) is 1.34. The third kappa shape index (κ3) is 4.51. The molecular weight excluding hydrogens is 236 g/mol. The summed E-state index contributed by atoms with van der Waals surface area (Å²) >= 11 is 0. The van der Waals surface area contributed by atoms with Gasteiger partial charge in [-0.15, -0.1) is 0 Å². The Bertz CT molecular complexity index is 381. The van der Waals surface area contributed by atoms with Gasteiger partial charge in [0.25, 0.3) is 0 Å². The first-order valence-electron chi connectivity index (χ1n) is 7.44. The van der Waals surface area contributed by atoms with Crippen LogP contribution in [0, 0.1) is 5.92 Å². The second kappa shape index (κ2) is 7.51. The molecular formula is C16H26N2O. The molecule has 1 aliphatic rings. The van der Waals surface area contributed by atoms with Crippen molar-refractivity contribution in [3.63, 3.8) is 0 Å². The number of hydrogen-bond acceptors (Lipinski definition) is 3. The normalized spacial score (nSPS) is 19.6. The molecule has 0 aromatic heterocycles. The molecule has 2 unspecified atom stereocenters. The van der Waals surface area contributed by atoms with Gasteiger partial charge in [0, 0.05) is 25.0 Å². The lowest BCUT2D eigenvalue weighted by molar-refractivity contribution is 0.215. The smallest absolute Gasteiger partial charge is 0.122 e. The highest BCUT2D eigenvalue weighted by Gasteiger charge is 2.19. The predicted octanol–water partition coefficient (Wildman–Crippen LogP) is 2.22. The Morgan fingerprint density at radius 1 is 1.37 bits per heavy atom. The molecule has 0 radical (unpaired) electrons. The summed E-state index contributed by atoms with van der Waals surface area (Å²) in [5.74, 6) is 1.65. The van der Waals surface area contributed by atoms with E-state index in [4.69, 9.17) is 4.74 Å². The zero-order valence-corrected chi connectivity index (χ0v) is 12.1. The molecule has 3 heteroatoms. The lowest BCUT2D eigenvalue weighted by Crippen LogP contribution is -2.41. The van der Waals surface area contributed by atoms with Crippen LogP contribution in [0.2, 0.25) is 0 Å². The van der Waals surface area contributed by atoms with Crippen molar-refractivity contribution in [3.05, 3.63) is 29.8 Å². The molecule has 106 valence electrons. The molecule has 0 amide bonds. The van der Waals surface area contributed by atoms with Crippen molar-refractivity contribution in [2.24, 2.45) is 5.92 Å². The Hall–Kier alpha value is -1.06. The minimum atomic E-state index is 0.517. The van der Waals surface area contributed by atoms with Crippen molar-refractivity contribution < 1.29 is 4.74 Å². The van der Waals surface area contributed by atoms with Gasteiger partial charge < -0.3 is 15.4 Å². The maximum atomic E-state index is 5.81. The molecule has 3 nitrogen and oxygen atoms in total. The number of hydrogen-bond donors (Lipinski definition) is 2. The third-order valence-corrected chi connectivity index (χ3v) is 3.59. The van der Waals surface area contributed by atoms with Crippen LogP contribution in [-0.4, -0.2) is 32.3 Å². The molecule has 1 aromatic rings. The molecule has 1 heterocycles. The van der Waals surface area contributed by atoms with Gasteiger partial charge in [-0.1, -0.05) is 25.1 Å². The molecule has 1 aromatic carbocycles. The minimum absolute atomic E-state index is 0.517. The largest absolute Gasteiger partial charge is 0.493 e. The Morgan fingerprint density at radius 3 is 3.05 bits per heavy atom. The van der Waals surface area contributed by atoms with Crippen molar-refractivity contribution in [1.82, 2.24) is 10.6 Å². The molecule has 0 aliphatic carbocycles. The Balaban J connectivity index is 1.70. The van der Waals surface area contributed by atoms with Crippen molar-refractivity contribution in [3.8, 4) is 5.75 Å². The van der Waals surface area contributed by atoms with Crippen LogP contribution >= 0.6 is 0 Å². The van der Waals surface area contributed by atoms with Crippen LogP contribution in [0.5, 0.6) is 5.75 Å². The van der Waals surface area contributed by atoms with Crippen molar-refractivity contribution in [2.45, 2.75) is 32.7 Å². The van der Waals surface area contributed by atoms with E-state index in [9.17, 15) is 0 Å². The number of nitrogens with one attached hydrogen (secondary N) is 2. The standard InChI is InChI=1S/C16H26N2O/c1-3-8-17-10-13(2)18-11-14-9-15-6-4-5-7-16(15)19-12-14/h4-7,13-14,17-18H,3,8-12H2,1-2H3. The summed E-state index contributed by atoms with van der Waals surface area (Å²) in [7, 11) is 0. The average molecular weight is 262 g/mol. The summed E-state index contributed by atoms with van der Waals surface area (Å²) in [4.78, 5) is 0. The van der Waals surface area contributed by atoms with Gasteiger partial charge in [-0.2, -0.15) is 0 Å². The van der Waals surface area contributed by atoms with Crippen LogP contribution in [0.4, 0.5) is 0 Å². The van der Waals surface area contributed by atoms with Gasteiger partial charge in [-0.3, -0.25) is 0 Å². The molecule has 0 fully saturated rings. The molecule has 0 spiro atoms. The summed E-state index contributed by atoms with van der Waals surface area (Å²) in [6.07, 6.45) is 2.32. The average Bonchev–Trinajstić information content (AvgIpc) is 2.45. The van der Waals surface area contributed by atoms with Crippen LogP contribution in [0.15, 0.2) is 24.3 Å². The maximum Gasteiger partial charge on any atom is 0.122 e. The van der Waals surface area contributed by atoms with Crippen LogP contribution in [0.3, 0.4) is 0 Å². The SMILES string of the molecule is CCCNCC(C)NCC1COc2ccccc2C1. The van der Waals surface area contributed by atoms with E-state index < -0.39 is 0 Å². The number of para-hydroxylation sites is 1. The monoisotopic (exact) mass is 262 g/mol. The Morgan fingerprint density at radius 2 is 2.21 bits per heavy atom. The van der Waals surface area contributed by atoms with Gasteiger partial charge in [0.1, 0.15) is 5.75 Å². The van der Waals surface area contributed by atoms with Gasteiger partial charge in [0.05, 0.1) is 6.61 Å². The first-order chi connectivity index (χ1) is 9.29. The zero-order valence-electron chi connectivity index (χ0n) is 12.1. The molecule has 0 saturated heterocycles. The van der Waals surface area contributed by atoms with E-state index in [1.807, 2.05) is 6.07 Å². The van der Waals surface area contributed by atoms with E-state index in [0.29, 0.717) is 12.0 Å². The molecule has 2 atom stereocenters. The summed E-state index contributed by atoms with van der Waals surface area (Å²) in [6.45, 7) is 8.44. The molecule has 1 aliphatic heterocycles. The van der Waals surface area contributed by atoms with Gasteiger partial charge in [0.2, 0.25) is 0 Å². The maximum absolute atomic E-state index is 5.81. The first kappa shape index (κ1) is 14.4. The van der Waals surface area contributed by atoms with Crippen LogP contribution in [-0.2, 0) is 6.42 Å².